The lowest BCUT2D eigenvalue weighted by Crippen LogP contribution is -2.20. The van der Waals surface area contributed by atoms with E-state index in [2.05, 4.69) is 406 Å². The van der Waals surface area contributed by atoms with Gasteiger partial charge in [0.2, 0.25) is 0 Å². The number of fused-ring (bicyclic) bond motifs is 12. The third kappa shape index (κ3) is 10.8. The van der Waals surface area contributed by atoms with Crippen molar-refractivity contribution in [1.29, 1.82) is 10.5 Å². The average Bonchev–Trinajstić information content (AvgIpc) is 1.56. The van der Waals surface area contributed by atoms with Crippen LogP contribution in [0.2, 0.25) is 0 Å². The summed E-state index contributed by atoms with van der Waals surface area (Å²) in [5.74, 6) is 0.603. The number of nitrogens with zero attached hydrogens (tertiary/aromatic N) is 6. The molecule has 0 fully saturated rings. The zero-order valence-corrected chi connectivity index (χ0v) is 60.8. The molecule has 4 aromatic heterocycles. The van der Waals surface area contributed by atoms with E-state index in [1.807, 2.05) is 0 Å². The maximum atomic E-state index is 13.6. The van der Waals surface area contributed by atoms with Crippen LogP contribution in [0, 0.1) is 34.5 Å². The molecular weight excluding hydrogens is 1350 g/mol. The van der Waals surface area contributed by atoms with Gasteiger partial charge in [0.05, 0.1) is 55.7 Å². The molecular formula is C104H71N7. The maximum absolute atomic E-state index is 13.6. The van der Waals surface area contributed by atoms with E-state index in [-0.39, 0.29) is 17.8 Å². The van der Waals surface area contributed by atoms with Gasteiger partial charge in [-0.15, -0.1) is 0 Å². The van der Waals surface area contributed by atoms with Gasteiger partial charge in [0.1, 0.15) is 29.0 Å². The molecule has 522 valence electrons. The standard InChI is InChI=1S/C104H71N7/c105-65-91-101(107-111-99-55-47-81(73-37-21-7-22-38-73)63-89(99)90-64-82(48-56-100(90)111)74-39-23-8-24-40-74)102(108-93-49-41-75(67-25-9-1-10-26-67)57-83(93)84-58-76(42-50-94(84)108)68-27-11-2-12-28-68)92(66-106)104(110-97-53-45-79(71-33-17-5-18-34-71)61-87(97)88-62-80(46-54-98(88)110)72-35-19-6-20-36-72)103(91)109-95-51-43-77(69-29-13-3-14-30-69)59-85(95)86-60-78(44-52-96(86)109)70-31-15-4-16-32-70/h1-27,29-31,33-59,61-64,68,70,78,107H,28,32,60H2. The van der Waals surface area contributed by atoms with Crippen LogP contribution in [0.15, 0.2) is 364 Å². The van der Waals surface area contributed by atoms with E-state index in [9.17, 15) is 10.5 Å². The molecule has 0 spiro atoms. The van der Waals surface area contributed by atoms with Crippen LogP contribution in [-0.4, -0.2) is 18.4 Å². The van der Waals surface area contributed by atoms with E-state index in [0.29, 0.717) is 33.9 Å². The zero-order valence-electron chi connectivity index (χ0n) is 60.8. The van der Waals surface area contributed by atoms with E-state index >= 15 is 0 Å². The number of hydrogen-bond donors (Lipinski definition) is 1. The van der Waals surface area contributed by atoms with Gasteiger partial charge in [-0.1, -0.05) is 279 Å². The van der Waals surface area contributed by atoms with E-state index < -0.39 is 0 Å². The van der Waals surface area contributed by atoms with Crippen molar-refractivity contribution in [1.82, 2.24) is 18.4 Å². The third-order valence-corrected chi connectivity index (χ3v) is 23.5. The van der Waals surface area contributed by atoms with Crippen molar-refractivity contribution in [2.45, 2.75) is 25.2 Å². The first-order valence-electron chi connectivity index (χ1n) is 38.4. The summed E-state index contributed by atoms with van der Waals surface area (Å²) in [5.41, 5.74) is 29.7. The first-order chi connectivity index (χ1) is 55.0. The molecule has 111 heavy (non-hydrogen) atoms. The van der Waals surface area contributed by atoms with Gasteiger partial charge < -0.3 is 13.7 Å². The summed E-state index contributed by atoms with van der Waals surface area (Å²) in [5, 5.41) is 34.3. The summed E-state index contributed by atoms with van der Waals surface area (Å²) in [6, 6.07) is 117. The predicted octanol–water partition coefficient (Wildman–Crippen LogP) is 26.5. The number of allylic oxidation sites excluding steroid dienone is 9. The molecule has 3 aliphatic rings. The van der Waals surface area contributed by atoms with Gasteiger partial charge in [-0.2, -0.15) is 10.5 Å². The van der Waals surface area contributed by atoms with Crippen LogP contribution in [0.3, 0.4) is 0 Å². The minimum Gasteiger partial charge on any atom is -0.306 e. The number of nitriles is 2. The van der Waals surface area contributed by atoms with Crippen molar-refractivity contribution in [3.8, 4) is 96.0 Å². The third-order valence-electron chi connectivity index (χ3n) is 23.5. The molecule has 0 saturated carbocycles. The number of aromatic nitrogens is 4. The van der Waals surface area contributed by atoms with Gasteiger partial charge in [0.25, 0.3) is 0 Å². The van der Waals surface area contributed by atoms with E-state index in [0.717, 1.165) is 168 Å². The van der Waals surface area contributed by atoms with E-state index in [1.54, 1.807) is 0 Å². The molecule has 0 bridgehead atoms. The number of nitrogens with one attached hydrogen (secondary N) is 1. The molecule has 3 unspecified atom stereocenters. The van der Waals surface area contributed by atoms with Crippen LogP contribution in [0.1, 0.15) is 46.7 Å². The van der Waals surface area contributed by atoms with Crippen molar-refractivity contribution < 1.29 is 0 Å². The van der Waals surface area contributed by atoms with Crippen LogP contribution in [0.5, 0.6) is 0 Å². The summed E-state index contributed by atoms with van der Waals surface area (Å²) in [7, 11) is 0. The summed E-state index contributed by atoms with van der Waals surface area (Å²) < 4.78 is 9.19. The Morgan fingerprint density at radius 2 is 0.658 bits per heavy atom. The van der Waals surface area contributed by atoms with Crippen molar-refractivity contribution in [3.05, 3.63) is 392 Å². The molecule has 0 aliphatic heterocycles. The van der Waals surface area contributed by atoms with Crippen molar-refractivity contribution >= 4 is 88.1 Å². The highest BCUT2D eigenvalue weighted by atomic mass is 15.4. The Morgan fingerprint density at radius 1 is 0.297 bits per heavy atom. The molecule has 1 N–H and O–H groups in total. The first kappa shape index (κ1) is 64.8. The molecule has 14 aromatic carbocycles. The molecule has 4 heterocycles. The fourth-order valence-corrected chi connectivity index (χ4v) is 18.2. The van der Waals surface area contributed by atoms with Crippen LogP contribution in [-0.2, 0) is 6.42 Å². The topological polar surface area (TPSA) is 79.3 Å². The van der Waals surface area contributed by atoms with Crippen LogP contribution < -0.4 is 5.43 Å². The molecule has 7 heteroatoms. The molecule has 3 aliphatic carbocycles. The SMILES string of the molecule is N#Cc1c(Nn2c3ccc(-c4ccccc4)cc3c3cc(-c4ccccc4)ccc32)c(-n2c3ccc(-c4ccccc4)cc3c3cc(C4C=CC=CC4)ccc32)c(C#N)c(-n2c3ccc(-c4ccccc4)cc3c3cc(-c4ccccc4)ccc32)c1-n1c2c(c3cc(-c4ccccc4)ccc31)CC(C1C=CC=CC1)C=C2. The molecule has 3 atom stereocenters. The second kappa shape index (κ2) is 26.8. The Morgan fingerprint density at radius 3 is 1.06 bits per heavy atom. The molecule has 7 nitrogen and oxygen atoms in total. The minimum absolute atomic E-state index is 0.143. The number of rotatable bonds is 13. The van der Waals surface area contributed by atoms with E-state index in [4.69, 9.17) is 0 Å². The van der Waals surface area contributed by atoms with Crippen LogP contribution in [0.4, 0.5) is 5.69 Å². The van der Waals surface area contributed by atoms with Crippen molar-refractivity contribution in [2.75, 3.05) is 5.43 Å². The fourth-order valence-electron chi connectivity index (χ4n) is 18.2. The van der Waals surface area contributed by atoms with Gasteiger partial charge in [0.15, 0.2) is 0 Å². The Kier molecular flexibility index (Phi) is 15.6. The largest absolute Gasteiger partial charge is 0.306 e. The highest BCUT2D eigenvalue weighted by Crippen LogP contribution is 2.52. The van der Waals surface area contributed by atoms with Gasteiger partial charge in [0, 0.05) is 49.3 Å². The number of benzene rings is 14. The lowest BCUT2D eigenvalue weighted by molar-refractivity contribution is 0.472. The number of hydrogen-bond acceptors (Lipinski definition) is 3. The maximum Gasteiger partial charge on any atom is 0.105 e. The van der Waals surface area contributed by atoms with Crippen LogP contribution in [0.25, 0.3) is 166 Å². The molecule has 0 amide bonds. The summed E-state index contributed by atoms with van der Waals surface area (Å²) in [6.07, 6.45) is 25.1. The Hall–Kier alpha value is -14.5. The first-order valence-corrected chi connectivity index (χ1v) is 38.4. The summed E-state index contributed by atoms with van der Waals surface area (Å²) >= 11 is 0. The second-order valence-electron chi connectivity index (χ2n) is 29.7. The monoisotopic (exact) mass is 1420 g/mol. The van der Waals surface area contributed by atoms with Crippen LogP contribution >= 0.6 is 0 Å². The summed E-state index contributed by atoms with van der Waals surface area (Å²) in [4.78, 5) is 0. The highest BCUT2D eigenvalue weighted by Gasteiger charge is 2.36. The second-order valence-corrected chi connectivity index (χ2v) is 29.7. The fraction of sp³-hybridized carbons (Fsp3) is 0.0577. The Bertz CT molecular complexity index is 6880. The van der Waals surface area contributed by atoms with Gasteiger partial charge >= 0.3 is 0 Å². The Labute approximate surface area is 643 Å². The highest BCUT2D eigenvalue weighted by molar-refractivity contribution is 6.16. The van der Waals surface area contributed by atoms with Gasteiger partial charge in [-0.3, -0.25) is 10.1 Å². The number of anilines is 1. The zero-order chi connectivity index (χ0) is 73.6. The molecule has 18 aromatic rings. The molecule has 21 rings (SSSR count). The normalized spacial score (nSPS) is 15.2. The van der Waals surface area contributed by atoms with Crippen molar-refractivity contribution in [3.63, 3.8) is 0 Å². The smallest absolute Gasteiger partial charge is 0.105 e. The average molecular weight is 1420 g/mol. The van der Waals surface area contributed by atoms with E-state index in [1.165, 1.54) is 11.1 Å². The predicted molar refractivity (Wildman–Crippen MR) is 461 cm³/mol. The molecule has 0 radical (unpaired) electrons. The molecule has 0 saturated heterocycles. The van der Waals surface area contributed by atoms with Gasteiger partial charge in [-0.05, 0) is 200 Å². The lowest BCUT2D eigenvalue weighted by Gasteiger charge is -2.28. The lowest BCUT2D eigenvalue weighted by atomic mass is 9.79. The minimum atomic E-state index is 0.143. The quantitative estimate of drug-likeness (QED) is 0.125. The summed E-state index contributed by atoms with van der Waals surface area (Å²) in [6.45, 7) is 0. The van der Waals surface area contributed by atoms with Gasteiger partial charge in [-0.25, -0.2) is 0 Å². The van der Waals surface area contributed by atoms with Crippen molar-refractivity contribution in [2.24, 2.45) is 11.8 Å². The Balaban J connectivity index is 0.951.